The molecule has 0 aromatic heterocycles. The summed E-state index contributed by atoms with van der Waals surface area (Å²) in [7, 11) is -2.97. The van der Waals surface area contributed by atoms with Gasteiger partial charge >= 0.3 is 0 Å². The summed E-state index contributed by atoms with van der Waals surface area (Å²) in [6, 6.07) is 8.62. The van der Waals surface area contributed by atoms with Crippen molar-refractivity contribution in [2.75, 3.05) is 37.7 Å². The Morgan fingerprint density at radius 2 is 1.62 bits per heavy atom. The van der Waals surface area contributed by atoms with E-state index in [1.165, 1.54) is 25.3 Å². The molecule has 29 heavy (non-hydrogen) atoms. The second-order valence-corrected chi connectivity index (χ2v) is 10.6. The predicted octanol–water partition coefficient (Wildman–Crippen LogP) is 2.35. The van der Waals surface area contributed by atoms with Crippen LogP contribution in [-0.4, -0.2) is 74.0 Å². The van der Waals surface area contributed by atoms with Gasteiger partial charge in [0.05, 0.1) is 11.5 Å². The van der Waals surface area contributed by atoms with Crippen LogP contribution in [0.5, 0.6) is 5.75 Å². The number of carbonyl (C=O) groups is 1. The van der Waals surface area contributed by atoms with Crippen molar-refractivity contribution in [1.82, 2.24) is 9.80 Å². The van der Waals surface area contributed by atoms with Crippen LogP contribution in [0.1, 0.15) is 37.7 Å². The predicted molar refractivity (Wildman–Crippen MR) is 114 cm³/mol. The molecule has 1 aromatic carbocycles. The summed E-state index contributed by atoms with van der Waals surface area (Å²) >= 11 is 0. The van der Waals surface area contributed by atoms with Crippen LogP contribution in [0.3, 0.4) is 0 Å². The number of benzene rings is 1. The number of rotatable bonds is 5. The van der Waals surface area contributed by atoms with E-state index in [2.05, 4.69) is 4.90 Å². The zero-order valence-electron chi connectivity index (χ0n) is 16.8. The molecule has 158 valence electrons. The minimum atomic E-state index is -2.97. The third-order valence-electron chi connectivity index (χ3n) is 6.32. The third kappa shape index (κ3) is 5.39. The maximum Gasteiger partial charge on any atom is 0.246 e. The molecule has 2 saturated heterocycles. The second-order valence-electron chi connectivity index (χ2n) is 8.32. The molecular weight excluding hydrogens is 388 g/mol. The first-order valence-electron chi connectivity index (χ1n) is 10.7. The van der Waals surface area contributed by atoms with Crippen LogP contribution in [0, 0.1) is 0 Å². The summed E-state index contributed by atoms with van der Waals surface area (Å²) in [5.41, 5.74) is 0.926. The Hall–Kier alpha value is -1.86. The summed E-state index contributed by atoms with van der Waals surface area (Å²) in [5.74, 6) is 0.839. The van der Waals surface area contributed by atoms with Crippen LogP contribution in [0.25, 0.3) is 6.08 Å². The Kier molecular flexibility index (Phi) is 6.25. The second kappa shape index (κ2) is 8.88. The Bertz CT molecular complexity index is 824. The van der Waals surface area contributed by atoms with Crippen molar-refractivity contribution in [3.05, 3.63) is 35.9 Å². The molecule has 3 fully saturated rings. The van der Waals surface area contributed by atoms with Crippen molar-refractivity contribution in [2.24, 2.45) is 0 Å². The van der Waals surface area contributed by atoms with Crippen molar-refractivity contribution >= 4 is 21.8 Å². The molecule has 0 N–H and O–H groups in total. The number of ether oxygens (including phenoxy) is 1. The summed E-state index contributed by atoms with van der Waals surface area (Å²) in [6.07, 6.45) is 9.84. The van der Waals surface area contributed by atoms with Crippen molar-refractivity contribution in [2.45, 2.75) is 44.2 Å². The van der Waals surface area contributed by atoms with Crippen LogP contribution in [0.2, 0.25) is 0 Å². The van der Waals surface area contributed by atoms with E-state index in [9.17, 15) is 13.2 Å². The molecule has 0 spiro atoms. The van der Waals surface area contributed by atoms with Gasteiger partial charge in [0.15, 0.2) is 9.84 Å². The highest BCUT2D eigenvalue weighted by Crippen LogP contribution is 2.28. The van der Waals surface area contributed by atoms with Crippen molar-refractivity contribution in [3.63, 3.8) is 0 Å². The van der Waals surface area contributed by atoms with E-state index in [4.69, 9.17) is 4.74 Å². The van der Waals surface area contributed by atoms with Gasteiger partial charge in [0.25, 0.3) is 0 Å². The van der Waals surface area contributed by atoms with Crippen LogP contribution < -0.4 is 4.74 Å². The Morgan fingerprint density at radius 3 is 2.21 bits per heavy atom. The van der Waals surface area contributed by atoms with Crippen molar-refractivity contribution in [3.8, 4) is 5.75 Å². The normalized spacial score (nSPS) is 23.8. The van der Waals surface area contributed by atoms with Gasteiger partial charge in [0, 0.05) is 38.3 Å². The Morgan fingerprint density at radius 1 is 0.966 bits per heavy atom. The average Bonchev–Trinajstić information content (AvgIpc) is 2.67. The first-order valence-corrected chi connectivity index (χ1v) is 12.5. The highest BCUT2D eigenvalue weighted by Gasteiger charge is 2.29. The molecular formula is C22H30N2O4S. The van der Waals surface area contributed by atoms with E-state index in [1.807, 2.05) is 24.3 Å². The number of piperidine rings is 1. The molecule has 0 bridgehead atoms. The number of carbonyl (C=O) groups excluding carboxylic acids is 1. The lowest BCUT2D eigenvalue weighted by atomic mass is 9.90. The number of likely N-dealkylation sites (tertiary alicyclic amines) is 1. The fourth-order valence-electron chi connectivity index (χ4n) is 4.17. The van der Waals surface area contributed by atoms with Gasteiger partial charge in [-0.2, -0.15) is 0 Å². The molecule has 0 atom stereocenters. The molecule has 0 unspecified atom stereocenters. The SMILES string of the molecule is O=C(C=Cc1ccc(OC2CCN(C3CCC3)CC2)cc1)N1CCS(=O)(=O)CC1. The van der Waals surface area contributed by atoms with Gasteiger partial charge in [-0.1, -0.05) is 18.6 Å². The maximum atomic E-state index is 12.2. The van der Waals surface area contributed by atoms with Crippen LogP contribution in [0.4, 0.5) is 0 Å². The molecule has 7 heteroatoms. The highest BCUT2D eigenvalue weighted by molar-refractivity contribution is 7.91. The fraction of sp³-hybridized carbons (Fsp3) is 0.591. The molecule has 4 rings (SSSR count). The molecule has 2 aliphatic heterocycles. The summed E-state index contributed by atoms with van der Waals surface area (Å²) < 4.78 is 29.1. The molecule has 1 aliphatic carbocycles. The number of hydrogen-bond acceptors (Lipinski definition) is 5. The number of amides is 1. The lowest BCUT2D eigenvalue weighted by molar-refractivity contribution is -0.125. The molecule has 1 aromatic rings. The molecule has 0 radical (unpaired) electrons. The highest BCUT2D eigenvalue weighted by atomic mass is 32.2. The van der Waals surface area contributed by atoms with Gasteiger partial charge < -0.3 is 14.5 Å². The first-order chi connectivity index (χ1) is 14.0. The monoisotopic (exact) mass is 418 g/mol. The number of hydrogen-bond donors (Lipinski definition) is 0. The standard InChI is InChI=1S/C22H30N2O4S/c25-22(24-14-16-29(26,27)17-15-24)9-6-18-4-7-20(8-5-18)28-21-10-12-23(13-11-21)19-2-1-3-19/h4-9,19,21H,1-3,10-17H2. The largest absolute Gasteiger partial charge is 0.490 e. The van der Waals surface area contributed by atoms with E-state index in [0.29, 0.717) is 0 Å². The summed E-state index contributed by atoms with van der Waals surface area (Å²) in [5, 5.41) is 0. The van der Waals surface area contributed by atoms with E-state index < -0.39 is 9.84 Å². The van der Waals surface area contributed by atoms with E-state index in [1.54, 1.807) is 11.0 Å². The quantitative estimate of drug-likeness (QED) is 0.687. The number of nitrogens with zero attached hydrogens (tertiary/aromatic N) is 2. The van der Waals surface area contributed by atoms with Crippen LogP contribution in [-0.2, 0) is 14.6 Å². The first kappa shape index (κ1) is 20.4. The minimum Gasteiger partial charge on any atom is -0.490 e. The van der Waals surface area contributed by atoms with Crippen molar-refractivity contribution < 1.29 is 17.9 Å². The third-order valence-corrected chi connectivity index (χ3v) is 7.93. The van der Waals surface area contributed by atoms with Crippen molar-refractivity contribution in [1.29, 1.82) is 0 Å². The zero-order valence-corrected chi connectivity index (χ0v) is 17.6. The lowest BCUT2D eigenvalue weighted by Gasteiger charge is -2.41. The van der Waals surface area contributed by atoms with Crippen LogP contribution >= 0.6 is 0 Å². The topological polar surface area (TPSA) is 66.9 Å². The van der Waals surface area contributed by atoms with Gasteiger partial charge in [0.1, 0.15) is 11.9 Å². The van der Waals surface area contributed by atoms with Gasteiger partial charge in [-0.05, 0) is 49.5 Å². The Balaban J connectivity index is 1.24. The van der Waals surface area contributed by atoms with E-state index in [0.717, 1.165) is 43.3 Å². The molecule has 1 saturated carbocycles. The molecule has 1 amide bonds. The Labute approximate surface area is 173 Å². The summed E-state index contributed by atoms with van der Waals surface area (Å²) in [4.78, 5) is 16.4. The van der Waals surface area contributed by atoms with Crippen LogP contribution in [0.15, 0.2) is 30.3 Å². The van der Waals surface area contributed by atoms with Gasteiger partial charge in [-0.3, -0.25) is 4.79 Å². The van der Waals surface area contributed by atoms with Gasteiger partial charge in [-0.25, -0.2) is 8.42 Å². The molecule has 3 aliphatic rings. The van der Waals surface area contributed by atoms with E-state index in [-0.39, 0.29) is 36.6 Å². The van der Waals surface area contributed by atoms with E-state index >= 15 is 0 Å². The number of sulfone groups is 1. The minimum absolute atomic E-state index is 0.0538. The fourth-order valence-corrected chi connectivity index (χ4v) is 5.37. The maximum absolute atomic E-state index is 12.2. The zero-order chi connectivity index (χ0) is 20.3. The van der Waals surface area contributed by atoms with Gasteiger partial charge in [-0.15, -0.1) is 0 Å². The summed E-state index contributed by atoms with van der Waals surface area (Å²) in [6.45, 7) is 2.82. The van der Waals surface area contributed by atoms with Gasteiger partial charge in [0.2, 0.25) is 5.91 Å². The molecule has 6 nitrogen and oxygen atoms in total. The molecule has 2 heterocycles. The lowest BCUT2D eigenvalue weighted by Crippen LogP contribution is -2.46. The average molecular weight is 419 g/mol. The smallest absolute Gasteiger partial charge is 0.246 e.